The van der Waals surface area contributed by atoms with Gasteiger partial charge in [-0.15, -0.1) is 11.8 Å². The molecule has 1 atom stereocenters. The van der Waals surface area contributed by atoms with Crippen molar-refractivity contribution in [3.8, 4) is 17.2 Å². The van der Waals surface area contributed by atoms with E-state index in [-0.39, 0.29) is 17.1 Å². The molecule has 1 unspecified atom stereocenters. The predicted octanol–water partition coefficient (Wildman–Crippen LogP) is 5.08. The number of carbonyl (C=O) groups is 2. The van der Waals surface area contributed by atoms with Crippen LogP contribution in [0.2, 0.25) is 0 Å². The highest BCUT2D eigenvalue weighted by Crippen LogP contribution is 2.30. The summed E-state index contributed by atoms with van der Waals surface area (Å²) in [5.41, 5.74) is 1.62. The molecule has 0 aliphatic heterocycles. The van der Waals surface area contributed by atoms with Crippen molar-refractivity contribution < 1.29 is 23.8 Å². The molecule has 172 valence electrons. The van der Waals surface area contributed by atoms with Crippen LogP contribution < -0.4 is 24.8 Å². The third-order valence-electron chi connectivity index (χ3n) is 4.79. The van der Waals surface area contributed by atoms with Gasteiger partial charge in [-0.2, -0.15) is 0 Å². The van der Waals surface area contributed by atoms with Gasteiger partial charge in [-0.25, -0.2) is 0 Å². The first-order chi connectivity index (χ1) is 15.9. The smallest absolute Gasteiger partial charge is 0.263 e. The average molecular weight is 467 g/mol. The second-order valence-corrected chi connectivity index (χ2v) is 8.41. The summed E-state index contributed by atoms with van der Waals surface area (Å²) in [6.07, 6.45) is 0. The SMILES string of the molecule is COc1cccc(NC(=O)C(C)Sc2ccc(NC(=O)c3c(OC)cccc3OC)cc2)c1. The van der Waals surface area contributed by atoms with E-state index in [4.69, 9.17) is 14.2 Å². The largest absolute Gasteiger partial charge is 0.497 e. The van der Waals surface area contributed by atoms with E-state index < -0.39 is 0 Å². The fourth-order valence-corrected chi connectivity index (χ4v) is 3.96. The number of hydrogen-bond donors (Lipinski definition) is 2. The Morgan fingerprint density at radius 1 is 0.788 bits per heavy atom. The van der Waals surface area contributed by atoms with Crippen LogP contribution in [0.3, 0.4) is 0 Å². The molecule has 2 N–H and O–H groups in total. The summed E-state index contributed by atoms with van der Waals surface area (Å²) in [7, 11) is 4.59. The predicted molar refractivity (Wildman–Crippen MR) is 131 cm³/mol. The molecule has 7 nitrogen and oxygen atoms in total. The first-order valence-electron chi connectivity index (χ1n) is 10.2. The minimum atomic E-state index is -0.337. The van der Waals surface area contributed by atoms with Gasteiger partial charge in [0.05, 0.1) is 26.6 Å². The monoisotopic (exact) mass is 466 g/mol. The van der Waals surface area contributed by atoms with E-state index in [2.05, 4.69) is 10.6 Å². The summed E-state index contributed by atoms with van der Waals surface area (Å²) in [4.78, 5) is 26.3. The van der Waals surface area contributed by atoms with Crippen molar-refractivity contribution in [2.75, 3.05) is 32.0 Å². The van der Waals surface area contributed by atoms with Crippen molar-refractivity contribution in [1.82, 2.24) is 0 Å². The Kier molecular flexibility index (Phi) is 8.21. The Labute approximate surface area is 197 Å². The molecular formula is C25H26N2O5S. The van der Waals surface area contributed by atoms with Crippen LogP contribution in [-0.2, 0) is 4.79 Å². The summed E-state index contributed by atoms with van der Waals surface area (Å²) < 4.78 is 15.8. The summed E-state index contributed by atoms with van der Waals surface area (Å²) >= 11 is 1.42. The minimum Gasteiger partial charge on any atom is -0.497 e. The normalized spacial score (nSPS) is 11.3. The van der Waals surface area contributed by atoms with E-state index in [9.17, 15) is 9.59 Å². The van der Waals surface area contributed by atoms with Gasteiger partial charge in [0.15, 0.2) is 0 Å². The number of anilines is 2. The topological polar surface area (TPSA) is 85.9 Å². The third kappa shape index (κ3) is 6.20. The van der Waals surface area contributed by atoms with Crippen LogP contribution in [0.5, 0.6) is 17.2 Å². The Morgan fingerprint density at radius 2 is 1.42 bits per heavy atom. The van der Waals surface area contributed by atoms with Gasteiger partial charge in [-0.05, 0) is 55.5 Å². The number of benzene rings is 3. The lowest BCUT2D eigenvalue weighted by Crippen LogP contribution is -2.22. The summed E-state index contributed by atoms with van der Waals surface area (Å²) in [6, 6.07) is 19.7. The van der Waals surface area contributed by atoms with Crippen molar-refractivity contribution in [3.05, 3.63) is 72.3 Å². The maximum absolute atomic E-state index is 12.8. The molecule has 3 aromatic carbocycles. The molecule has 0 spiro atoms. The van der Waals surface area contributed by atoms with Crippen molar-refractivity contribution in [2.45, 2.75) is 17.1 Å². The molecule has 0 saturated carbocycles. The molecule has 0 saturated heterocycles. The Bertz CT molecular complexity index is 1100. The van der Waals surface area contributed by atoms with E-state index in [1.165, 1.54) is 26.0 Å². The van der Waals surface area contributed by atoms with Crippen LogP contribution in [0.4, 0.5) is 11.4 Å². The van der Waals surface area contributed by atoms with Crippen LogP contribution >= 0.6 is 11.8 Å². The quantitative estimate of drug-likeness (QED) is 0.428. The van der Waals surface area contributed by atoms with Crippen LogP contribution in [0, 0.1) is 0 Å². The number of rotatable bonds is 9. The molecule has 0 heterocycles. The Morgan fingerprint density at radius 3 is 2.03 bits per heavy atom. The summed E-state index contributed by atoms with van der Waals surface area (Å²) in [6.45, 7) is 1.84. The first kappa shape index (κ1) is 24.0. The summed E-state index contributed by atoms with van der Waals surface area (Å²) in [5, 5.41) is 5.42. The van der Waals surface area contributed by atoms with Crippen LogP contribution in [0.15, 0.2) is 71.6 Å². The lowest BCUT2D eigenvalue weighted by molar-refractivity contribution is -0.115. The van der Waals surface area contributed by atoms with Gasteiger partial charge in [-0.3, -0.25) is 9.59 Å². The average Bonchev–Trinajstić information content (AvgIpc) is 2.84. The third-order valence-corrected chi connectivity index (χ3v) is 5.90. The van der Waals surface area contributed by atoms with E-state index in [0.29, 0.717) is 34.2 Å². The van der Waals surface area contributed by atoms with Crippen LogP contribution in [-0.4, -0.2) is 38.4 Å². The van der Waals surface area contributed by atoms with Crippen molar-refractivity contribution in [1.29, 1.82) is 0 Å². The number of amides is 2. The summed E-state index contributed by atoms with van der Waals surface area (Å²) in [5.74, 6) is 1.07. The zero-order valence-corrected chi connectivity index (χ0v) is 19.7. The lowest BCUT2D eigenvalue weighted by atomic mass is 10.1. The van der Waals surface area contributed by atoms with Gasteiger partial charge >= 0.3 is 0 Å². The highest BCUT2D eigenvalue weighted by Gasteiger charge is 2.19. The molecule has 33 heavy (non-hydrogen) atoms. The molecule has 0 aliphatic carbocycles. The van der Waals surface area contributed by atoms with Gasteiger partial charge in [-0.1, -0.05) is 12.1 Å². The highest BCUT2D eigenvalue weighted by atomic mass is 32.2. The Balaban J connectivity index is 1.62. The molecule has 0 bridgehead atoms. The van der Waals surface area contributed by atoms with Crippen molar-refractivity contribution in [3.63, 3.8) is 0 Å². The molecule has 3 aromatic rings. The molecule has 8 heteroatoms. The number of carbonyl (C=O) groups excluding carboxylic acids is 2. The fraction of sp³-hybridized carbons (Fsp3) is 0.200. The number of methoxy groups -OCH3 is 3. The van der Waals surface area contributed by atoms with Crippen molar-refractivity contribution >= 4 is 35.0 Å². The number of nitrogens with one attached hydrogen (secondary N) is 2. The highest BCUT2D eigenvalue weighted by molar-refractivity contribution is 8.00. The zero-order valence-electron chi connectivity index (χ0n) is 18.9. The maximum atomic E-state index is 12.8. The van der Waals surface area contributed by atoms with Gasteiger partial charge in [0.1, 0.15) is 22.8 Å². The van der Waals surface area contributed by atoms with Crippen LogP contribution in [0.25, 0.3) is 0 Å². The molecular weight excluding hydrogens is 440 g/mol. The van der Waals surface area contributed by atoms with Gasteiger partial charge < -0.3 is 24.8 Å². The molecule has 0 radical (unpaired) electrons. The van der Waals surface area contributed by atoms with E-state index >= 15 is 0 Å². The van der Waals surface area contributed by atoms with Crippen molar-refractivity contribution in [2.24, 2.45) is 0 Å². The maximum Gasteiger partial charge on any atom is 0.263 e. The standard InChI is InChI=1S/C25H26N2O5S/c1-16(24(28)27-18-7-5-8-19(15-18)30-2)33-20-13-11-17(12-14-20)26-25(29)23-21(31-3)9-6-10-22(23)32-4/h5-16H,1-4H3,(H,26,29)(H,27,28). The molecule has 0 aliphatic rings. The molecule has 0 aromatic heterocycles. The van der Waals surface area contributed by atoms with Gasteiger partial charge in [0.25, 0.3) is 5.91 Å². The first-order valence-corrected chi connectivity index (χ1v) is 11.1. The van der Waals surface area contributed by atoms with E-state index in [0.717, 1.165) is 4.90 Å². The van der Waals surface area contributed by atoms with E-state index in [1.54, 1.807) is 43.5 Å². The number of ether oxygens (including phenoxy) is 3. The van der Waals surface area contributed by atoms with E-state index in [1.807, 2.05) is 37.3 Å². The van der Waals surface area contributed by atoms with Gasteiger partial charge in [0, 0.05) is 22.3 Å². The zero-order chi connectivity index (χ0) is 23.8. The number of thioether (sulfide) groups is 1. The van der Waals surface area contributed by atoms with Gasteiger partial charge in [0.2, 0.25) is 5.91 Å². The minimum absolute atomic E-state index is 0.117. The second kappa shape index (κ2) is 11.3. The lowest BCUT2D eigenvalue weighted by Gasteiger charge is -2.14. The second-order valence-electron chi connectivity index (χ2n) is 7.00. The Hall–Kier alpha value is -3.65. The fourth-order valence-electron chi connectivity index (χ4n) is 3.09. The van der Waals surface area contributed by atoms with Crippen LogP contribution in [0.1, 0.15) is 17.3 Å². The molecule has 2 amide bonds. The molecule has 0 fully saturated rings. The molecule has 3 rings (SSSR count). The number of hydrogen-bond acceptors (Lipinski definition) is 6.